The standard InChI is InChI=1S/C17H23NOS/c1-4-5-11-18-16(19)13(2)14(3)17(18)20-12-15-9-7-6-8-10-15/h6-10,17H,4-5,11-12H2,1-3H3. The van der Waals surface area contributed by atoms with Crippen LogP contribution in [0.5, 0.6) is 0 Å². The first-order valence-corrected chi connectivity index (χ1v) is 8.34. The van der Waals surface area contributed by atoms with Crippen LogP contribution in [0, 0.1) is 0 Å². The Bertz CT molecular complexity index is 495. The van der Waals surface area contributed by atoms with Gasteiger partial charge >= 0.3 is 0 Å². The van der Waals surface area contributed by atoms with E-state index in [1.807, 2.05) is 29.7 Å². The molecular formula is C17H23NOS. The van der Waals surface area contributed by atoms with Gasteiger partial charge in [0.1, 0.15) is 5.37 Å². The summed E-state index contributed by atoms with van der Waals surface area (Å²) in [7, 11) is 0. The first-order valence-electron chi connectivity index (χ1n) is 7.29. The fraction of sp³-hybridized carbons (Fsp3) is 0.471. The Balaban J connectivity index is 2.04. The molecule has 20 heavy (non-hydrogen) atoms. The maximum Gasteiger partial charge on any atom is 0.250 e. The van der Waals surface area contributed by atoms with E-state index in [1.54, 1.807) is 0 Å². The molecule has 1 unspecified atom stereocenters. The van der Waals surface area contributed by atoms with Gasteiger partial charge in [0.25, 0.3) is 5.91 Å². The molecule has 0 N–H and O–H groups in total. The average molecular weight is 289 g/mol. The fourth-order valence-corrected chi connectivity index (χ4v) is 3.77. The lowest BCUT2D eigenvalue weighted by molar-refractivity contribution is -0.125. The van der Waals surface area contributed by atoms with Crippen molar-refractivity contribution < 1.29 is 4.79 Å². The van der Waals surface area contributed by atoms with Gasteiger partial charge in [-0.1, -0.05) is 43.7 Å². The summed E-state index contributed by atoms with van der Waals surface area (Å²) < 4.78 is 0. The highest BCUT2D eigenvalue weighted by atomic mass is 32.2. The number of carbonyl (C=O) groups is 1. The number of carbonyl (C=O) groups excluding carboxylic acids is 1. The molecule has 0 fully saturated rings. The van der Waals surface area contributed by atoms with Crippen molar-refractivity contribution in [2.75, 3.05) is 6.54 Å². The smallest absolute Gasteiger partial charge is 0.250 e. The zero-order chi connectivity index (χ0) is 14.5. The van der Waals surface area contributed by atoms with Crippen molar-refractivity contribution in [1.82, 2.24) is 4.90 Å². The molecule has 1 amide bonds. The molecule has 1 aromatic rings. The first-order chi connectivity index (χ1) is 9.65. The zero-order valence-corrected chi connectivity index (χ0v) is 13.4. The molecule has 1 aliphatic rings. The highest BCUT2D eigenvalue weighted by Crippen LogP contribution is 2.34. The summed E-state index contributed by atoms with van der Waals surface area (Å²) in [4.78, 5) is 14.3. The Morgan fingerprint density at radius 1 is 1.20 bits per heavy atom. The maximum atomic E-state index is 12.3. The van der Waals surface area contributed by atoms with Crippen LogP contribution in [0.2, 0.25) is 0 Å². The molecule has 0 radical (unpaired) electrons. The second-order valence-electron chi connectivity index (χ2n) is 5.31. The summed E-state index contributed by atoms with van der Waals surface area (Å²) in [6, 6.07) is 10.5. The van der Waals surface area contributed by atoms with Crippen LogP contribution >= 0.6 is 11.8 Å². The van der Waals surface area contributed by atoms with E-state index in [2.05, 4.69) is 38.1 Å². The molecule has 2 rings (SSSR count). The van der Waals surface area contributed by atoms with Gasteiger partial charge in [-0.2, -0.15) is 0 Å². The van der Waals surface area contributed by atoms with Crippen LogP contribution in [0.1, 0.15) is 39.2 Å². The van der Waals surface area contributed by atoms with Crippen molar-refractivity contribution in [2.45, 2.75) is 44.7 Å². The highest BCUT2D eigenvalue weighted by molar-refractivity contribution is 7.99. The summed E-state index contributed by atoms with van der Waals surface area (Å²) in [5, 5.41) is 0.217. The number of hydrogen-bond acceptors (Lipinski definition) is 2. The van der Waals surface area contributed by atoms with Gasteiger partial charge in [-0.05, 0) is 31.4 Å². The SMILES string of the molecule is CCCCN1C(=O)C(C)=C(C)C1SCc1ccccc1. The second-order valence-corrected chi connectivity index (χ2v) is 6.38. The van der Waals surface area contributed by atoms with Crippen LogP contribution < -0.4 is 0 Å². The lowest BCUT2D eigenvalue weighted by atomic mass is 10.2. The van der Waals surface area contributed by atoms with Crippen molar-refractivity contribution in [3.63, 3.8) is 0 Å². The van der Waals surface area contributed by atoms with Crippen LogP contribution in [0.4, 0.5) is 0 Å². The minimum Gasteiger partial charge on any atom is -0.323 e. The van der Waals surface area contributed by atoms with Crippen molar-refractivity contribution in [3.05, 3.63) is 47.0 Å². The van der Waals surface area contributed by atoms with Gasteiger partial charge in [0.15, 0.2) is 0 Å². The molecule has 0 aromatic heterocycles. The third kappa shape index (κ3) is 3.26. The molecule has 2 nitrogen and oxygen atoms in total. The lowest BCUT2D eigenvalue weighted by Gasteiger charge is -2.26. The monoisotopic (exact) mass is 289 g/mol. The lowest BCUT2D eigenvalue weighted by Crippen LogP contribution is -2.34. The largest absolute Gasteiger partial charge is 0.323 e. The number of thioether (sulfide) groups is 1. The Morgan fingerprint density at radius 2 is 1.90 bits per heavy atom. The molecule has 1 atom stereocenters. The Hall–Kier alpha value is -1.22. The van der Waals surface area contributed by atoms with Gasteiger partial charge in [0, 0.05) is 17.9 Å². The summed E-state index contributed by atoms with van der Waals surface area (Å²) in [6.45, 7) is 7.10. The molecule has 0 saturated carbocycles. The molecule has 3 heteroatoms. The number of hydrogen-bond donors (Lipinski definition) is 0. The van der Waals surface area contributed by atoms with Gasteiger partial charge in [0.05, 0.1) is 0 Å². The number of rotatable bonds is 6. The minimum absolute atomic E-state index is 0.217. The van der Waals surface area contributed by atoms with Crippen LogP contribution in [-0.4, -0.2) is 22.7 Å². The van der Waals surface area contributed by atoms with Crippen LogP contribution in [-0.2, 0) is 10.5 Å². The van der Waals surface area contributed by atoms with E-state index in [0.29, 0.717) is 0 Å². The Labute approximate surface area is 126 Å². The molecule has 108 valence electrons. The Kier molecular flexibility index (Phi) is 5.30. The van der Waals surface area contributed by atoms with Gasteiger partial charge in [0.2, 0.25) is 0 Å². The summed E-state index contributed by atoms with van der Waals surface area (Å²) in [5.74, 6) is 1.17. The maximum absolute atomic E-state index is 12.3. The van der Waals surface area contributed by atoms with Gasteiger partial charge in [-0.15, -0.1) is 11.8 Å². The number of benzene rings is 1. The van der Waals surface area contributed by atoms with Crippen molar-refractivity contribution in [2.24, 2.45) is 0 Å². The highest BCUT2D eigenvalue weighted by Gasteiger charge is 2.34. The predicted octanol–water partition coefficient (Wildman–Crippen LogP) is 4.22. The minimum atomic E-state index is 0.217. The van der Waals surface area contributed by atoms with E-state index >= 15 is 0 Å². The average Bonchev–Trinajstić information content (AvgIpc) is 2.68. The molecule has 0 saturated heterocycles. The molecule has 1 aromatic carbocycles. The van der Waals surface area contributed by atoms with Gasteiger partial charge in [-0.3, -0.25) is 4.79 Å². The second kappa shape index (κ2) is 6.98. The van der Waals surface area contributed by atoms with Crippen LogP contribution in [0.15, 0.2) is 41.5 Å². The third-order valence-corrected chi connectivity index (χ3v) is 5.25. The van der Waals surface area contributed by atoms with Crippen molar-refractivity contribution >= 4 is 17.7 Å². The zero-order valence-electron chi connectivity index (χ0n) is 12.6. The van der Waals surface area contributed by atoms with E-state index < -0.39 is 0 Å². The predicted molar refractivity (Wildman–Crippen MR) is 86.5 cm³/mol. The molecule has 1 heterocycles. The first kappa shape index (κ1) is 15.2. The Morgan fingerprint density at radius 3 is 2.55 bits per heavy atom. The number of amides is 1. The molecular weight excluding hydrogens is 266 g/mol. The normalized spacial score (nSPS) is 19.1. The number of nitrogens with zero attached hydrogens (tertiary/aromatic N) is 1. The van der Waals surface area contributed by atoms with Gasteiger partial charge in [-0.25, -0.2) is 0 Å². The molecule has 0 spiro atoms. The van der Waals surface area contributed by atoms with Crippen molar-refractivity contribution in [1.29, 1.82) is 0 Å². The molecule has 0 bridgehead atoms. The van der Waals surface area contributed by atoms with E-state index in [4.69, 9.17) is 0 Å². The molecule has 1 aliphatic heterocycles. The summed E-state index contributed by atoms with van der Waals surface area (Å²) in [5.41, 5.74) is 3.48. The summed E-state index contributed by atoms with van der Waals surface area (Å²) >= 11 is 1.86. The van der Waals surface area contributed by atoms with E-state index in [0.717, 1.165) is 30.7 Å². The topological polar surface area (TPSA) is 20.3 Å². The van der Waals surface area contributed by atoms with Crippen LogP contribution in [0.25, 0.3) is 0 Å². The quantitative estimate of drug-likeness (QED) is 0.781. The van der Waals surface area contributed by atoms with E-state index in [-0.39, 0.29) is 11.3 Å². The van der Waals surface area contributed by atoms with E-state index in [9.17, 15) is 4.79 Å². The third-order valence-electron chi connectivity index (χ3n) is 3.83. The molecule has 0 aliphatic carbocycles. The van der Waals surface area contributed by atoms with Crippen molar-refractivity contribution in [3.8, 4) is 0 Å². The number of unbranched alkanes of at least 4 members (excludes halogenated alkanes) is 1. The van der Waals surface area contributed by atoms with E-state index in [1.165, 1.54) is 11.1 Å². The van der Waals surface area contributed by atoms with Gasteiger partial charge < -0.3 is 4.90 Å². The fourth-order valence-electron chi connectivity index (χ4n) is 2.42. The summed E-state index contributed by atoms with van der Waals surface area (Å²) in [6.07, 6.45) is 2.20. The van der Waals surface area contributed by atoms with Crippen LogP contribution in [0.3, 0.4) is 0 Å².